The highest BCUT2D eigenvalue weighted by Crippen LogP contribution is 2.35. The van der Waals surface area contributed by atoms with E-state index in [-0.39, 0.29) is 28.2 Å². The van der Waals surface area contributed by atoms with Gasteiger partial charge in [-0.15, -0.1) is 10.2 Å². The molecule has 29 heavy (non-hydrogen) atoms. The van der Waals surface area contributed by atoms with Crippen molar-refractivity contribution in [1.82, 2.24) is 14.5 Å². The minimum atomic E-state index is -3.82. The molecule has 1 saturated heterocycles. The third-order valence-electron chi connectivity index (χ3n) is 4.81. The van der Waals surface area contributed by atoms with Gasteiger partial charge in [0.2, 0.25) is 10.0 Å². The molecular weight excluding hydrogens is 440 g/mol. The highest BCUT2D eigenvalue weighted by atomic mass is 35.5. The van der Waals surface area contributed by atoms with E-state index < -0.39 is 15.8 Å². The van der Waals surface area contributed by atoms with E-state index in [1.165, 1.54) is 27.8 Å². The van der Waals surface area contributed by atoms with Crippen molar-refractivity contribution in [2.45, 2.75) is 23.7 Å². The van der Waals surface area contributed by atoms with E-state index in [1.807, 2.05) is 0 Å². The largest absolute Gasteiger partial charge is 0.243 e. The first-order chi connectivity index (χ1) is 13.9. The van der Waals surface area contributed by atoms with E-state index in [4.69, 9.17) is 11.6 Å². The van der Waals surface area contributed by atoms with Gasteiger partial charge in [0.1, 0.15) is 16.6 Å². The van der Waals surface area contributed by atoms with Crippen molar-refractivity contribution in [1.29, 1.82) is 0 Å². The van der Waals surface area contributed by atoms with Gasteiger partial charge in [-0.3, -0.25) is 0 Å². The molecule has 3 aromatic rings. The summed E-state index contributed by atoms with van der Waals surface area (Å²) in [7, 11) is -3.82. The summed E-state index contributed by atoms with van der Waals surface area (Å²) in [4.78, 5) is -0.0474. The van der Waals surface area contributed by atoms with Gasteiger partial charge in [0.25, 0.3) is 0 Å². The molecule has 2 heterocycles. The third kappa shape index (κ3) is 4.05. The summed E-state index contributed by atoms with van der Waals surface area (Å²) < 4.78 is 54.7. The van der Waals surface area contributed by atoms with Crippen molar-refractivity contribution in [3.8, 4) is 10.6 Å². The summed E-state index contributed by atoms with van der Waals surface area (Å²) in [5, 5.41) is 9.16. The predicted molar refractivity (Wildman–Crippen MR) is 107 cm³/mol. The molecule has 1 atom stereocenters. The maximum absolute atomic E-state index is 14.0. The molecule has 152 valence electrons. The van der Waals surface area contributed by atoms with Crippen LogP contribution in [0, 0.1) is 11.6 Å². The first-order valence-electron chi connectivity index (χ1n) is 8.90. The summed E-state index contributed by atoms with van der Waals surface area (Å²) in [6, 6.07) is 9.70. The van der Waals surface area contributed by atoms with Gasteiger partial charge >= 0.3 is 0 Å². The van der Waals surface area contributed by atoms with Crippen LogP contribution in [0.3, 0.4) is 0 Å². The lowest BCUT2D eigenvalue weighted by molar-refractivity contribution is 0.314. The van der Waals surface area contributed by atoms with Gasteiger partial charge < -0.3 is 0 Å². The zero-order valence-electron chi connectivity index (χ0n) is 15.1. The lowest BCUT2D eigenvalue weighted by Gasteiger charge is -2.30. The SMILES string of the molecule is O=S(=O)(c1ccc(F)c(Cl)c1)N1CCC[C@H](c2nnc(-c3ccccc3F)s2)C1. The van der Waals surface area contributed by atoms with Crippen molar-refractivity contribution < 1.29 is 17.2 Å². The Kier molecular flexibility index (Phi) is 5.65. The van der Waals surface area contributed by atoms with E-state index in [2.05, 4.69) is 10.2 Å². The van der Waals surface area contributed by atoms with Crippen molar-refractivity contribution in [2.75, 3.05) is 13.1 Å². The molecular formula is C19H16ClF2N3O2S2. The molecule has 0 radical (unpaired) electrons. The first kappa shape index (κ1) is 20.3. The van der Waals surface area contributed by atoms with E-state index in [1.54, 1.807) is 18.2 Å². The average Bonchev–Trinajstić information content (AvgIpc) is 3.20. The van der Waals surface area contributed by atoms with Crippen LogP contribution in [0.15, 0.2) is 47.4 Å². The van der Waals surface area contributed by atoms with Crippen LogP contribution in [-0.4, -0.2) is 36.0 Å². The molecule has 0 bridgehead atoms. The Balaban J connectivity index is 1.57. The molecule has 0 spiro atoms. The lowest BCUT2D eigenvalue weighted by atomic mass is 10.0. The number of hydrogen-bond donors (Lipinski definition) is 0. The monoisotopic (exact) mass is 455 g/mol. The molecule has 1 aliphatic rings. The van der Waals surface area contributed by atoms with Crippen LogP contribution in [0.1, 0.15) is 23.8 Å². The van der Waals surface area contributed by atoms with Crippen LogP contribution < -0.4 is 0 Å². The van der Waals surface area contributed by atoms with Crippen LogP contribution in [0.5, 0.6) is 0 Å². The zero-order valence-corrected chi connectivity index (χ0v) is 17.4. The molecule has 1 fully saturated rings. The van der Waals surface area contributed by atoms with Crippen molar-refractivity contribution in [3.63, 3.8) is 0 Å². The highest BCUT2D eigenvalue weighted by molar-refractivity contribution is 7.89. The van der Waals surface area contributed by atoms with Crippen molar-refractivity contribution >= 4 is 33.0 Å². The number of halogens is 3. The van der Waals surface area contributed by atoms with E-state index in [9.17, 15) is 17.2 Å². The molecule has 1 aromatic heterocycles. The maximum atomic E-state index is 14.0. The second-order valence-electron chi connectivity index (χ2n) is 6.70. The summed E-state index contributed by atoms with van der Waals surface area (Å²) in [6.07, 6.45) is 1.40. The molecule has 0 N–H and O–H groups in total. The Labute approximate surface area is 176 Å². The molecule has 2 aromatic carbocycles. The molecule has 5 nitrogen and oxygen atoms in total. The number of aromatic nitrogens is 2. The van der Waals surface area contributed by atoms with E-state index in [0.29, 0.717) is 28.5 Å². The molecule has 0 unspecified atom stereocenters. The number of rotatable bonds is 4. The summed E-state index contributed by atoms with van der Waals surface area (Å²) in [5.41, 5.74) is 0.373. The Morgan fingerprint density at radius 3 is 2.66 bits per heavy atom. The van der Waals surface area contributed by atoms with Gasteiger partial charge in [0.15, 0.2) is 5.01 Å². The fraction of sp³-hybridized carbons (Fsp3) is 0.263. The number of sulfonamides is 1. The molecule has 1 aliphatic heterocycles. The Morgan fingerprint density at radius 1 is 1.10 bits per heavy atom. The van der Waals surface area contributed by atoms with E-state index in [0.717, 1.165) is 18.6 Å². The second-order valence-corrected chi connectivity index (χ2v) is 10.1. The van der Waals surface area contributed by atoms with Crippen molar-refractivity contribution in [3.05, 3.63) is 64.1 Å². The van der Waals surface area contributed by atoms with Crippen LogP contribution in [0.2, 0.25) is 5.02 Å². The molecule has 0 amide bonds. The van der Waals surface area contributed by atoms with Gasteiger partial charge in [-0.1, -0.05) is 35.1 Å². The summed E-state index contributed by atoms with van der Waals surface area (Å²) >= 11 is 7.02. The van der Waals surface area contributed by atoms with Crippen LogP contribution in [0.25, 0.3) is 10.6 Å². The lowest BCUT2D eigenvalue weighted by Crippen LogP contribution is -2.39. The van der Waals surface area contributed by atoms with Gasteiger partial charge in [0, 0.05) is 24.6 Å². The molecule has 10 heteroatoms. The van der Waals surface area contributed by atoms with Crippen molar-refractivity contribution in [2.24, 2.45) is 0 Å². The normalized spacial score (nSPS) is 18.1. The highest BCUT2D eigenvalue weighted by Gasteiger charge is 2.33. The first-order valence-corrected chi connectivity index (χ1v) is 11.5. The number of benzene rings is 2. The van der Waals surface area contributed by atoms with Gasteiger partial charge in [-0.25, -0.2) is 17.2 Å². The zero-order chi connectivity index (χ0) is 20.6. The number of piperidine rings is 1. The Bertz CT molecular complexity index is 1150. The summed E-state index contributed by atoms with van der Waals surface area (Å²) in [6.45, 7) is 0.579. The number of hydrogen-bond acceptors (Lipinski definition) is 5. The molecule has 4 rings (SSSR count). The van der Waals surface area contributed by atoms with Crippen LogP contribution >= 0.6 is 22.9 Å². The summed E-state index contributed by atoms with van der Waals surface area (Å²) in [5.74, 6) is -1.19. The minimum Gasteiger partial charge on any atom is -0.207 e. The van der Waals surface area contributed by atoms with Crippen LogP contribution in [-0.2, 0) is 10.0 Å². The maximum Gasteiger partial charge on any atom is 0.243 e. The number of nitrogens with zero attached hydrogens (tertiary/aromatic N) is 3. The quantitative estimate of drug-likeness (QED) is 0.571. The van der Waals surface area contributed by atoms with Gasteiger partial charge in [0.05, 0.1) is 9.92 Å². The second kappa shape index (κ2) is 8.06. The Hall–Kier alpha value is -1.94. The fourth-order valence-electron chi connectivity index (χ4n) is 3.29. The smallest absolute Gasteiger partial charge is 0.207 e. The fourth-order valence-corrected chi connectivity index (χ4v) is 6.08. The Morgan fingerprint density at radius 2 is 1.90 bits per heavy atom. The third-order valence-corrected chi connectivity index (χ3v) is 8.08. The average molecular weight is 456 g/mol. The van der Waals surface area contributed by atoms with Gasteiger partial charge in [-0.2, -0.15) is 4.31 Å². The predicted octanol–water partition coefficient (Wildman–Crippen LogP) is 4.71. The molecule has 0 aliphatic carbocycles. The van der Waals surface area contributed by atoms with Crippen LogP contribution in [0.4, 0.5) is 8.78 Å². The van der Waals surface area contributed by atoms with Gasteiger partial charge in [-0.05, 0) is 43.2 Å². The standard InChI is InChI=1S/C19H16ClF2N3O2S2/c20-15-10-13(7-8-17(15)22)29(26,27)25-9-3-4-12(11-25)18-23-24-19(28-18)14-5-1-2-6-16(14)21/h1-2,5-8,10,12H,3-4,9,11H2/t12-/m0/s1. The topological polar surface area (TPSA) is 63.2 Å². The minimum absolute atomic E-state index is 0.0474. The van der Waals surface area contributed by atoms with E-state index >= 15 is 0 Å². The molecule has 0 saturated carbocycles.